The Labute approximate surface area is 166 Å². The third-order valence-corrected chi connectivity index (χ3v) is 8.14. The molecule has 0 bridgehead atoms. The summed E-state index contributed by atoms with van der Waals surface area (Å²) in [6.07, 6.45) is 14.8. The normalized spacial score (nSPS) is 32.4. The second-order valence-electron chi connectivity index (χ2n) is 10.3. The first-order valence-electron chi connectivity index (χ1n) is 11.8. The van der Waals surface area contributed by atoms with E-state index in [2.05, 4.69) is 21.7 Å². The van der Waals surface area contributed by atoms with E-state index in [1.54, 1.807) is 0 Å². The Kier molecular flexibility index (Phi) is 6.43. The maximum atomic E-state index is 13.0. The van der Waals surface area contributed by atoms with Crippen LogP contribution < -0.4 is 0 Å². The lowest BCUT2D eigenvalue weighted by Crippen LogP contribution is -2.47. The Balaban J connectivity index is 1.26. The standard InChI is InChI=1S/C23H41N3O/c1-24-14-9-21(10-15-24)22(27)26-17-12-23(19-26)11-5-13-25(18-23)16-8-20-6-3-2-4-7-20/h20-21H,2-19H2,1H3/t23-/m1/s1. The molecular weight excluding hydrogens is 334 g/mol. The van der Waals surface area contributed by atoms with Crippen molar-refractivity contribution in [1.29, 1.82) is 0 Å². The summed E-state index contributed by atoms with van der Waals surface area (Å²) in [4.78, 5) is 20.4. The van der Waals surface area contributed by atoms with E-state index < -0.39 is 0 Å². The van der Waals surface area contributed by atoms with Crippen molar-refractivity contribution in [1.82, 2.24) is 14.7 Å². The highest BCUT2D eigenvalue weighted by Crippen LogP contribution is 2.40. The molecule has 0 aromatic heterocycles. The van der Waals surface area contributed by atoms with Gasteiger partial charge in [0.1, 0.15) is 0 Å². The lowest BCUT2D eigenvalue weighted by molar-refractivity contribution is -0.136. The van der Waals surface area contributed by atoms with Gasteiger partial charge >= 0.3 is 0 Å². The van der Waals surface area contributed by atoms with E-state index in [4.69, 9.17) is 0 Å². The third kappa shape index (κ3) is 4.87. The van der Waals surface area contributed by atoms with E-state index in [0.29, 0.717) is 17.2 Å². The molecule has 1 atom stereocenters. The minimum Gasteiger partial charge on any atom is -0.342 e. The number of carbonyl (C=O) groups excluding carboxylic acids is 1. The summed E-state index contributed by atoms with van der Waals surface area (Å²) in [5.74, 6) is 1.75. The van der Waals surface area contributed by atoms with Crippen LogP contribution in [-0.4, -0.2) is 73.5 Å². The summed E-state index contributed by atoms with van der Waals surface area (Å²) in [5, 5.41) is 0. The molecule has 4 heteroatoms. The van der Waals surface area contributed by atoms with Crippen LogP contribution in [0.1, 0.15) is 70.6 Å². The van der Waals surface area contributed by atoms with Crippen molar-refractivity contribution in [2.45, 2.75) is 70.6 Å². The van der Waals surface area contributed by atoms with E-state index in [1.807, 2.05) is 0 Å². The first-order chi connectivity index (χ1) is 13.1. The molecule has 3 heterocycles. The fourth-order valence-corrected chi connectivity index (χ4v) is 6.31. The lowest BCUT2D eigenvalue weighted by Gasteiger charge is -2.41. The van der Waals surface area contributed by atoms with Crippen LogP contribution in [0.5, 0.6) is 0 Å². The first kappa shape index (κ1) is 19.7. The van der Waals surface area contributed by atoms with Crippen molar-refractivity contribution in [2.75, 3.05) is 52.9 Å². The van der Waals surface area contributed by atoms with Gasteiger partial charge in [-0.1, -0.05) is 32.1 Å². The number of hydrogen-bond donors (Lipinski definition) is 0. The zero-order valence-electron chi connectivity index (χ0n) is 17.6. The quantitative estimate of drug-likeness (QED) is 0.751. The number of nitrogens with zero attached hydrogens (tertiary/aromatic N) is 3. The number of hydrogen-bond acceptors (Lipinski definition) is 3. The van der Waals surface area contributed by atoms with Crippen LogP contribution in [0.25, 0.3) is 0 Å². The van der Waals surface area contributed by atoms with Gasteiger partial charge in [0.2, 0.25) is 5.91 Å². The van der Waals surface area contributed by atoms with Gasteiger partial charge in [-0.3, -0.25) is 4.79 Å². The Morgan fingerprint density at radius 3 is 2.44 bits per heavy atom. The molecule has 0 aromatic carbocycles. The molecule has 154 valence electrons. The van der Waals surface area contributed by atoms with E-state index >= 15 is 0 Å². The molecule has 0 unspecified atom stereocenters. The predicted molar refractivity (Wildman–Crippen MR) is 111 cm³/mol. The van der Waals surface area contributed by atoms with Gasteiger partial charge in [-0.05, 0) is 77.7 Å². The zero-order valence-corrected chi connectivity index (χ0v) is 17.6. The van der Waals surface area contributed by atoms with Crippen LogP contribution in [-0.2, 0) is 4.79 Å². The van der Waals surface area contributed by atoms with E-state index in [0.717, 1.165) is 44.9 Å². The highest BCUT2D eigenvalue weighted by molar-refractivity contribution is 5.79. The van der Waals surface area contributed by atoms with Crippen molar-refractivity contribution < 1.29 is 4.79 Å². The molecule has 4 aliphatic rings. The van der Waals surface area contributed by atoms with Crippen LogP contribution in [0.15, 0.2) is 0 Å². The van der Waals surface area contributed by atoms with Gasteiger partial charge in [-0.2, -0.15) is 0 Å². The number of rotatable bonds is 4. The molecule has 0 aromatic rings. The summed E-state index contributed by atoms with van der Waals surface area (Å²) in [6.45, 7) is 8.07. The van der Waals surface area contributed by atoms with Crippen molar-refractivity contribution in [3.05, 3.63) is 0 Å². The number of likely N-dealkylation sites (tertiary alicyclic amines) is 3. The molecule has 27 heavy (non-hydrogen) atoms. The summed E-state index contributed by atoms with van der Waals surface area (Å²) in [5.41, 5.74) is 0.409. The Morgan fingerprint density at radius 2 is 1.67 bits per heavy atom. The molecule has 1 spiro atoms. The molecule has 3 saturated heterocycles. The summed E-state index contributed by atoms with van der Waals surface area (Å²) < 4.78 is 0. The molecule has 0 radical (unpaired) electrons. The molecule has 3 aliphatic heterocycles. The zero-order chi connectivity index (χ0) is 18.7. The van der Waals surface area contributed by atoms with Crippen LogP contribution in [0, 0.1) is 17.3 Å². The van der Waals surface area contributed by atoms with Crippen molar-refractivity contribution in [3.63, 3.8) is 0 Å². The van der Waals surface area contributed by atoms with Crippen LogP contribution in [0.2, 0.25) is 0 Å². The Bertz CT molecular complexity index is 496. The summed E-state index contributed by atoms with van der Waals surface area (Å²) in [7, 11) is 2.18. The average molecular weight is 376 g/mol. The van der Waals surface area contributed by atoms with Gasteiger partial charge in [0.25, 0.3) is 0 Å². The molecule has 4 fully saturated rings. The fraction of sp³-hybridized carbons (Fsp3) is 0.957. The molecule has 4 nitrogen and oxygen atoms in total. The molecule has 1 saturated carbocycles. The van der Waals surface area contributed by atoms with E-state index in [1.165, 1.54) is 77.4 Å². The van der Waals surface area contributed by atoms with Gasteiger partial charge in [0.15, 0.2) is 0 Å². The highest BCUT2D eigenvalue weighted by Gasteiger charge is 2.43. The first-order valence-corrected chi connectivity index (χ1v) is 11.8. The average Bonchev–Trinajstić information content (AvgIpc) is 3.10. The molecule has 1 amide bonds. The van der Waals surface area contributed by atoms with Crippen molar-refractivity contribution in [2.24, 2.45) is 17.3 Å². The maximum Gasteiger partial charge on any atom is 0.225 e. The number of carbonyl (C=O) groups is 1. The number of piperidine rings is 2. The van der Waals surface area contributed by atoms with Gasteiger partial charge in [-0.15, -0.1) is 0 Å². The topological polar surface area (TPSA) is 26.8 Å². The monoisotopic (exact) mass is 375 g/mol. The van der Waals surface area contributed by atoms with Crippen molar-refractivity contribution in [3.8, 4) is 0 Å². The smallest absolute Gasteiger partial charge is 0.225 e. The third-order valence-electron chi connectivity index (χ3n) is 8.14. The molecular formula is C23H41N3O. The summed E-state index contributed by atoms with van der Waals surface area (Å²) >= 11 is 0. The Morgan fingerprint density at radius 1 is 0.889 bits per heavy atom. The van der Waals surface area contributed by atoms with Gasteiger partial charge in [-0.25, -0.2) is 0 Å². The van der Waals surface area contributed by atoms with E-state index in [9.17, 15) is 4.79 Å². The van der Waals surface area contributed by atoms with Crippen LogP contribution in [0.3, 0.4) is 0 Å². The predicted octanol–water partition coefficient (Wildman–Crippen LogP) is 3.61. The largest absolute Gasteiger partial charge is 0.342 e. The van der Waals surface area contributed by atoms with Crippen LogP contribution >= 0.6 is 0 Å². The van der Waals surface area contributed by atoms with E-state index in [-0.39, 0.29) is 0 Å². The Hall–Kier alpha value is -0.610. The van der Waals surface area contributed by atoms with Gasteiger partial charge < -0.3 is 14.7 Å². The molecule has 1 aliphatic carbocycles. The van der Waals surface area contributed by atoms with Crippen molar-refractivity contribution >= 4 is 5.91 Å². The van der Waals surface area contributed by atoms with Gasteiger partial charge in [0, 0.05) is 31.0 Å². The minimum atomic E-state index is 0.294. The fourth-order valence-electron chi connectivity index (χ4n) is 6.31. The SMILES string of the molecule is CN1CCC(C(=O)N2CC[C@@]3(CCCN(CCC4CCCCC4)C3)C2)CC1. The minimum absolute atomic E-state index is 0.294. The lowest BCUT2D eigenvalue weighted by atomic mass is 9.79. The number of amides is 1. The molecule has 0 N–H and O–H groups in total. The maximum absolute atomic E-state index is 13.0. The molecule has 4 rings (SSSR count). The highest BCUT2D eigenvalue weighted by atomic mass is 16.2. The second kappa shape index (κ2) is 8.82. The van der Waals surface area contributed by atoms with Gasteiger partial charge in [0.05, 0.1) is 0 Å². The summed E-state index contributed by atoms with van der Waals surface area (Å²) in [6, 6.07) is 0. The second-order valence-corrected chi connectivity index (χ2v) is 10.3. The van der Waals surface area contributed by atoms with Crippen LogP contribution in [0.4, 0.5) is 0 Å².